The van der Waals surface area contributed by atoms with Crippen LogP contribution in [0, 0.1) is 5.92 Å². The number of rotatable bonds is 4. The highest BCUT2D eigenvalue weighted by molar-refractivity contribution is 9.10. The summed E-state index contributed by atoms with van der Waals surface area (Å²) in [7, 11) is 0. The van der Waals surface area contributed by atoms with Crippen LogP contribution in [0.25, 0.3) is 0 Å². The van der Waals surface area contributed by atoms with Crippen LogP contribution in [0.2, 0.25) is 5.02 Å². The third kappa shape index (κ3) is 4.79. The third-order valence-corrected chi connectivity index (χ3v) is 4.33. The molecule has 1 aromatic carbocycles. The zero-order valence-corrected chi connectivity index (χ0v) is 13.1. The summed E-state index contributed by atoms with van der Waals surface area (Å²) in [5, 5.41) is 6.90. The Morgan fingerprint density at radius 2 is 2.16 bits per heavy atom. The summed E-state index contributed by atoms with van der Waals surface area (Å²) in [6.45, 7) is 2.16. The van der Waals surface area contributed by atoms with E-state index in [-0.39, 0.29) is 5.91 Å². The standard InChI is InChI=1S/C14H18BrClN2O/c15-12-9-11(16)2-3-13(12)18-14(19)4-1-10-5-7-17-8-6-10/h2-3,9-10,17H,1,4-8H2,(H,18,19). The number of hydrogen-bond donors (Lipinski definition) is 2. The fourth-order valence-electron chi connectivity index (χ4n) is 2.31. The molecule has 1 aliphatic heterocycles. The zero-order chi connectivity index (χ0) is 13.7. The Balaban J connectivity index is 1.80. The molecule has 0 radical (unpaired) electrons. The number of piperidine rings is 1. The van der Waals surface area contributed by atoms with Crippen molar-refractivity contribution in [2.24, 2.45) is 5.92 Å². The Hall–Kier alpha value is -0.580. The van der Waals surface area contributed by atoms with E-state index in [9.17, 15) is 4.79 Å². The van der Waals surface area contributed by atoms with Gasteiger partial charge in [-0.15, -0.1) is 0 Å². The average Bonchev–Trinajstić information content (AvgIpc) is 2.41. The van der Waals surface area contributed by atoms with Crippen molar-refractivity contribution in [1.29, 1.82) is 0 Å². The molecule has 1 heterocycles. The van der Waals surface area contributed by atoms with Gasteiger partial charge in [-0.2, -0.15) is 0 Å². The van der Waals surface area contributed by atoms with Gasteiger partial charge in [-0.3, -0.25) is 4.79 Å². The van der Waals surface area contributed by atoms with Gasteiger partial charge in [0.15, 0.2) is 0 Å². The summed E-state index contributed by atoms with van der Waals surface area (Å²) in [5.74, 6) is 0.752. The van der Waals surface area contributed by atoms with Gasteiger partial charge < -0.3 is 10.6 Å². The first-order valence-electron chi connectivity index (χ1n) is 6.61. The van der Waals surface area contributed by atoms with Gasteiger partial charge in [0, 0.05) is 15.9 Å². The van der Waals surface area contributed by atoms with Crippen molar-refractivity contribution in [3.05, 3.63) is 27.7 Å². The summed E-state index contributed by atoms with van der Waals surface area (Å²) in [4.78, 5) is 11.9. The smallest absolute Gasteiger partial charge is 0.224 e. The molecular weight excluding hydrogens is 328 g/mol. The van der Waals surface area contributed by atoms with Crippen LogP contribution in [0.3, 0.4) is 0 Å². The summed E-state index contributed by atoms with van der Waals surface area (Å²) in [6, 6.07) is 5.37. The van der Waals surface area contributed by atoms with Crippen molar-refractivity contribution in [2.75, 3.05) is 18.4 Å². The predicted octanol–water partition coefficient (Wildman–Crippen LogP) is 3.82. The maximum Gasteiger partial charge on any atom is 0.224 e. The molecule has 0 aromatic heterocycles. The number of hydrogen-bond acceptors (Lipinski definition) is 2. The van der Waals surface area contributed by atoms with Gasteiger partial charge in [-0.25, -0.2) is 0 Å². The van der Waals surface area contributed by atoms with Gasteiger partial charge in [-0.1, -0.05) is 11.6 Å². The summed E-state index contributed by atoms with van der Waals surface area (Å²) in [6.07, 6.45) is 3.91. The molecule has 0 spiro atoms. The van der Waals surface area contributed by atoms with Crippen LogP contribution in [0.1, 0.15) is 25.7 Å². The van der Waals surface area contributed by atoms with Crippen LogP contribution in [-0.4, -0.2) is 19.0 Å². The van der Waals surface area contributed by atoms with Crippen molar-refractivity contribution < 1.29 is 4.79 Å². The lowest BCUT2D eigenvalue weighted by molar-refractivity contribution is -0.116. The van der Waals surface area contributed by atoms with Gasteiger partial charge in [-0.05, 0) is 72.4 Å². The van der Waals surface area contributed by atoms with Gasteiger partial charge in [0.2, 0.25) is 5.91 Å². The van der Waals surface area contributed by atoms with Gasteiger partial charge in [0.1, 0.15) is 0 Å². The molecule has 19 heavy (non-hydrogen) atoms. The Kier molecular flexibility index (Phi) is 5.67. The first kappa shape index (κ1) is 14.8. The van der Waals surface area contributed by atoms with E-state index < -0.39 is 0 Å². The molecule has 5 heteroatoms. The number of amides is 1. The topological polar surface area (TPSA) is 41.1 Å². The maximum atomic E-state index is 11.9. The molecule has 0 aliphatic carbocycles. The summed E-state index contributed by atoms with van der Waals surface area (Å²) in [5.41, 5.74) is 0.778. The zero-order valence-electron chi connectivity index (χ0n) is 10.7. The second-order valence-corrected chi connectivity index (χ2v) is 6.20. The Labute approximate surface area is 127 Å². The summed E-state index contributed by atoms with van der Waals surface area (Å²) < 4.78 is 0.815. The highest BCUT2D eigenvalue weighted by Crippen LogP contribution is 2.26. The Morgan fingerprint density at radius 1 is 1.42 bits per heavy atom. The van der Waals surface area contributed by atoms with Crippen molar-refractivity contribution in [3.8, 4) is 0 Å². The first-order valence-corrected chi connectivity index (χ1v) is 7.78. The molecule has 1 aliphatic rings. The van der Waals surface area contributed by atoms with Crippen LogP contribution in [0.5, 0.6) is 0 Å². The summed E-state index contributed by atoms with van der Waals surface area (Å²) >= 11 is 9.26. The van der Waals surface area contributed by atoms with E-state index >= 15 is 0 Å². The minimum absolute atomic E-state index is 0.0709. The van der Waals surface area contributed by atoms with E-state index in [1.807, 2.05) is 6.07 Å². The van der Waals surface area contributed by atoms with E-state index in [2.05, 4.69) is 26.6 Å². The van der Waals surface area contributed by atoms with Crippen molar-refractivity contribution in [1.82, 2.24) is 5.32 Å². The first-order chi connectivity index (χ1) is 9.15. The molecule has 1 saturated heterocycles. The molecule has 104 valence electrons. The van der Waals surface area contributed by atoms with Crippen LogP contribution in [0.4, 0.5) is 5.69 Å². The van der Waals surface area contributed by atoms with E-state index in [0.29, 0.717) is 17.4 Å². The molecular formula is C14H18BrClN2O. The van der Waals surface area contributed by atoms with Crippen molar-refractivity contribution in [3.63, 3.8) is 0 Å². The van der Waals surface area contributed by atoms with Gasteiger partial charge in [0.05, 0.1) is 5.69 Å². The average molecular weight is 346 g/mol. The highest BCUT2D eigenvalue weighted by Gasteiger charge is 2.14. The number of anilines is 1. The van der Waals surface area contributed by atoms with E-state index in [0.717, 1.165) is 29.7 Å². The number of nitrogens with one attached hydrogen (secondary N) is 2. The minimum atomic E-state index is 0.0709. The largest absolute Gasteiger partial charge is 0.325 e. The van der Waals surface area contributed by atoms with E-state index in [4.69, 9.17) is 11.6 Å². The number of halogens is 2. The maximum absolute atomic E-state index is 11.9. The molecule has 3 nitrogen and oxygen atoms in total. The number of carbonyl (C=O) groups is 1. The molecule has 1 aromatic rings. The van der Waals surface area contributed by atoms with Crippen LogP contribution in [-0.2, 0) is 4.79 Å². The second-order valence-electron chi connectivity index (χ2n) is 4.90. The Bertz CT molecular complexity index is 447. The quantitative estimate of drug-likeness (QED) is 0.871. The van der Waals surface area contributed by atoms with Gasteiger partial charge in [0.25, 0.3) is 0 Å². The molecule has 0 bridgehead atoms. The lowest BCUT2D eigenvalue weighted by Crippen LogP contribution is -2.28. The van der Waals surface area contributed by atoms with Crippen molar-refractivity contribution in [2.45, 2.75) is 25.7 Å². The number of benzene rings is 1. The molecule has 2 rings (SSSR count). The molecule has 0 atom stereocenters. The lowest BCUT2D eigenvalue weighted by Gasteiger charge is -2.22. The van der Waals surface area contributed by atoms with Crippen LogP contribution >= 0.6 is 27.5 Å². The predicted molar refractivity (Wildman–Crippen MR) is 82.6 cm³/mol. The fourth-order valence-corrected chi connectivity index (χ4v) is 3.09. The van der Waals surface area contributed by atoms with Crippen molar-refractivity contribution >= 4 is 39.1 Å². The lowest BCUT2D eigenvalue weighted by atomic mass is 9.93. The minimum Gasteiger partial charge on any atom is -0.325 e. The van der Waals surface area contributed by atoms with E-state index in [1.165, 1.54) is 12.8 Å². The molecule has 0 saturated carbocycles. The molecule has 2 N–H and O–H groups in total. The SMILES string of the molecule is O=C(CCC1CCNCC1)Nc1ccc(Cl)cc1Br. The Morgan fingerprint density at radius 3 is 2.84 bits per heavy atom. The number of carbonyl (C=O) groups excluding carboxylic acids is 1. The fraction of sp³-hybridized carbons (Fsp3) is 0.500. The molecule has 1 amide bonds. The van der Waals surface area contributed by atoms with E-state index in [1.54, 1.807) is 12.1 Å². The monoisotopic (exact) mass is 344 g/mol. The third-order valence-electron chi connectivity index (χ3n) is 3.44. The second kappa shape index (κ2) is 7.27. The highest BCUT2D eigenvalue weighted by atomic mass is 79.9. The van der Waals surface area contributed by atoms with Crippen LogP contribution < -0.4 is 10.6 Å². The molecule has 0 unspecified atom stereocenters. The van der Waals surface area contributed by atoms with Gasteiger partial charge >= 0.3 is 0 Å². The van der Waals surface area contributed by atoms with Crippen LogP contribution in [0.15, 0.2) is 22.7 Å². The molecule has 1 fully saturated rings. The normalized spacial score (nSPS) is 16.3.